The Balaban J connectivity index is 4.05. The highest BCUT2D eigenvalue weighted by atomic mass is 16.5. The molecule has 0 aliphatic heterocycles. The maximum absolute atomic E-state index is 11.9. The first kappa shape index (κ1) is 17.4. The van der Waals surface area contributed by atoms with Crippen LogP contribution in [0.1, 0.15) is 59.3 Å². The van der Waals surface area contributed by atoms with Crippen molar-refractivity contribution in [2.24, 2.45) is 5.73 Å². The molecule has 0 bridgehead atoms. The van der Waals surface area contributed by atoms with Gasteiger partial charge in [-0.3, -0.25) is 4.79 Å². The molecule has 4 nitrogen and oxygen atoms in total. The van der Waals surface area contributed by atoms with Crippen LogP contribution in [0.2, 0.25) is 0 Å². The molecule has 108 valence electrons. The SMILES string of the molecule is CCCCC(CCC)NC(=O)CC(CN)OCC. The van der Waals surface area contributed by atoms with Crippen LogP contribution in [0.25, 0.3) is 0 Å². The summed E-state index contributed by atoms with van der Waals surface area (Å²) >= 11 is 0. The largest absolute Gasteiger partial charge is 0.377 e. The van der Waals surface area contributed by atoms with Crippen LogP contribution in [-0.2, 0) is 9.53 Å². The average molecular weight is 258 g/mol. The zero-order valence-corrected chi connectivity index (χ0v) is 12.2. The summed E-state index contributed by atoms with van der Waals surface area (Å²) in [6.07, 6.45) is 5.77. The quantitative estimate of drug-likeness (QED) is 0.597. The predicted molar refractivity (Wildman–Crippen MR) is 75.4 cm³/mol. The molecule has 0 rings (SSSR count). The third-order valence-corrected chi connectivity index (χ3v) is 2.99. The van der Waals surface area contributed by atoms with Crippen molar-refractivity contribution in [2.75, 3.05) is 13.2 Å². The molecular formula is C14H30N2O2. The van der Waals surface area contributed by atoms with E-state index in [0.717, 1.165) is 25.7 Å². The first-order valence-electron chi connectivity index (χ1n) is 7.28. The molecule has 2 unspecified atom stereocenters. The fourth-order valence-electron chi connectivity index (χ4n) is 2.03. The van der Waals surface area contributed by atoms with E-state index in [1.165, 1.54) is 6.42 Å². The van der Waals surface area contributed by atoms with Gasteiger partial charge in [0.2, 0.25) is 5.91 Å². The Morgan fingerprint density at radius 2 is 1.94 bits per heavy atom. The van der Waals surface area contributed by atoms with Gasteiger partial charge in [0.05, 0.1) is 12.5 Å². The lowest BCUT2D eigenvalue weighted by Crippen LogP contribution is -2.38. The van der Waals surface area contributed by atoms with Crippen LogP contribution in [0.4, 0.5) is 0 Å². The number of hydrogen-bond acceptors (Lipinski definition) is 3. The molecule has 0 aromatic rings. The van der Waals surface area contributed by atoms with E-state index in [2.05, 4.69) is 19.2 Å². The van der Waals surface area contributed by atoms with Crippen LogP contribution in [-0.4, -0.2) is 31.2 Å². The predicted octanol–water partition coefficient (Wildman–Crippen LogP) is 2.22. The summed E-state index contributed by atoms with van der Waals surface area (Å²) in [6.45, 7) is 7.23. The number of amides is 1. The minimum Gasteiger partial charge on any atom is -0.377 e. The Labute approximate surface area is 112 Å². The molecule has 0 aliphatic rings. The number of hydrogen-bond donors (Lipinski definition) is 2. The highest BCUT2D eigenvalue weighted by Crippen LogP contribution is 2.08. The first-order valence-corrected chi connectivity index (χ1v) is 7.28. The van der Waals surface area contributed by atoms with Crippen LogP contribution >= 0.6 is 0 Å². The van der Waals surface area contributed by atoms with Gasteiger partial charge in [-0.1, -0.05) is 33.1 Å². The molecule has 18 heavy (non-hydrogen) atoms. The standard InChI is InChI=1S/C14H30N2O2/c1-4-7-9-12(8-5-2)16-14(17)10-13(11-15)18-6-3/h12-13H,4-11,15H2,1-3H3,(H,16,17). The van der Waals surface area contributed by atoms with E-state index in [1.54, 1.807) is 0 Å². The van der Waals surface area contributed by atoms with Crippen LogP contribution < -0.4 is 11.1 Å². The lowest BCUT2D eigenvalue weighted by Gasteiger charge is -2.20. The van der Waals surface area contributed by atoms with Gasteiger partial charge in [-0.15, -0.1) is 0 Å². The molecule has 4 heteroatoms. The fourth-order valence-corrected chi connectivity index (χ4v) is 2.03. The third-order valence-electron chi connectivity index (χ3n) is 2.99. The maximum atomic E-state index is 11.9. The third kappa shape index (κ3) is 8.48. The molecule has 0 aliphatic carbocycles. The Morgan fingerprint density at radius 1 is 1.22 bits per heavy atom. The highest BCUT2D eigenvalue weighted by Gasteiger charge is 2.15. The van der Waals surface area contributed by atoms with E-state index in [-0.39, 0.29) is 12.0 Å². The van der Waals surface area contributed by atoms with E-state index < -0.39 is 0 Å². The molecule has 0 radical (unpaired) electrons. The Kier molecular flexibility index (Phi) is 11.1. The van der Waals surface area contributed by atoms with Crippen molar-refractivity contribution in [1.82, 2.24) is 5.32 Å². The van der Waals surface area contributed by atoms with Crippen molar-refractivity contribution < 1.29 is 9.53 Å². The second kappa shape index (κ2) is 11.5. The lowest BCUT2D eigenvalue weighted by molar-refractivity contribution is -0.124. The van der Waals surface area contributed by atoms with Gasteiger partial charge in [0.15, 0.2) is 0 Å². The van der Waals surface area contributed by atoms with Crippen LogP contribution in [0.15, 0.2) is 0 Å². The fraction of sp³-hybridized carbons (Fsp3) is 0.929. The van der Waals surface area contributed by atoms with Gasteiger partial charge in [0, 0.05) is 19.2 Å². The summed E-state index contributed by atoms with van der Waals surface area (Å²) in [7, 11) is 0. The van der Waals surface area contributed by atoms with Crippen molar-refractivity contribution >= 4 is 5.91 Å². The van der Waals surface area contributed by atoms with Crippen LogP contribution in [0, 0.1) is 0 Å². The molecule has 0 spiro atoms. The lowest BCUT2D eigenvalue weighted by atomic mass is 10.0. The summed E-state index contributed by atoms with van der Waals surface area (Å²) in [4.78, 5) is 11.9. The number of nitrogens with one attached hydrogen (secondary N) is 1. The Hall–Kier alpha value is -0.610. The summed E-state index contributed by atoms with van der Waals surface area (Å²) < 4.78 is 5.40. The Morgan fingerprint density at radius 3 is 2.44 bits per heavy atom. The second-order valence-electron chi connectivity index (χ2n) is 4.71. The van der Waals surface area contributed by atoms with E-state index in [4.69, 9.17) is 10.5 Å². The summed E-state index contributed by atoms with van der Waals surface area (Å²) in [5.74, 6) is 0.0634. The van der Waals surface area contributed by atoms with Crippen molar-refractivity contribution in [3.05, 3.63) is 0 Å². The maximum Gasteiger partial charge on any atom is 0.222 e. The summed E-state index contributed by atoms with van der Waals surface area (Å²) in [6, 6.07) is 0.308. The molecule has 0 fully saturated rings. The molecule has 0 saturated heterocycles. The van der Waals surface area contributed by atoms with E-state index in [0.29, 0.717) is 25.6 Å². The van der Waals surface area contributed by atoms with Gasteiger partial charge >= 0.3 is 0 Å². The Bertz CT molecular complexity index is 210. The van der Waals surface area contributed by atoms with Crippen molar-refractivity contribution in [3.63, 3.8) is 0 Å². The van der Waals surface area contributed by atoms with Gasteiger partial charge in [-0.2, -0.15) is 0 Å². The minimum absolute atomic E-state index is 0.0634. The highest BCUT2D eigenvalue weighted by molar-refractivity contribution is 5.76. The van der Waals surface area contributed by atoms with Crippen molar-refractivity contribution in [2.45, 2.75) is 71.4 Å². The number of carbonyl (C=O) groups is 1. The zero-order valence-electron chi connectivity index (χ0n) is 12.2. The normalized spacial score (nSPS) is 14.2. The van der Waals surface area contributed by atoms with E-state index in [1.807, 2.05) is 6.92 Å². The number of carbonyl (C=O) groups excluding carboxylic acids is 1. The minimum atomic E-state index is -0.150. The number of nitrogens with two attached hydrogens (primary N) is 1. The molecule has 2 atom stereocenters. The van der Waals surface area contributed by atoms with Crippen molar-refractivity contribution in [3.8, 4) is 0 Å². The first-order chi connectivity index (χ1) is 8.67. The number of rotatable bonds is 11. The molecule has 3 N–H and O–H groups in total. The van der Waals surface area contributed by atoms with Gasteiger partial charge < -0.3 is 15.8 Å². The molecule has 1 amide bonds. The van der Waals surface area contributed by atoms with E-state index >= 15 is 0 Å². The second-order valence-corrected chi connectivity index (χ2v) is 4.71. The molecular weight excluding hydrogens is 228 g/mol. The van der Waals surface area contributed by atoms with Crippen molar-refractivity contribution in [1.29, 1.82) is 0 Å². The van der Waals surface area contributed by atoms with Gasteiger partial charge in [0.25, 0.3) is 0 Å². The monoisotopic (exact) mass is 258 g/mol. The van der Waals surface area contributed by atoms with Gasteiger partial charge in [-0.25, -0.2) is 0 Å². The molecule has 0 aromatic heterocycles. The summed E-state index contributed by atoms with van der Waals surface area (Å²) in [5.41, 5.74) is 5.57. The average Bonchev–Trinajstić information content (AvgIpc) is 2.35. The van der Waals surface area contributed by atoms with Crippen LogP contribution in [0.3, 0.4) is 0 Å². The number of ether oxygens (including phenoxy) is 1. The topological polar surface area (TPSA) is 64.4 Å². The summed E-state index contributed by atoms with van der Waals surface area (Å²) in [5, 5.41) is 3.10. The molecule has 0 saturated carbocycles. The molecule has 0 aromatic carbocycles. The van der Waals surface area contributed by atoms with E-state index in [9.17, 15) is 4.79 Å². The van der Waals surface area contributed by atoms with Gasteiger partial charge in [-0.05, 0) is 19.8 Å². The van der Waals surface area contributed by atoms with Crippen LogP contribution in [0.5, 0.6) is 0 Å². The smallest absolute Gasteiger partial charge is 0.222 e. The number of unbranched alkanes of at least 4 members (excludes halogenated alkanes) is 1. The zero-order chi connectivity index (χ0) is 13.8. The molecule has 0 heterocycles. The van der Waals surface area contributed by atoms with Gasteiger partial charge in [0.1, 0.15) is 0 Å².